The number of ether oxygens (including phenoxy) is 1. The lowest BCUT2D eigenvalue weighted by Gasteiger charge is -2.05. The van der Waals surface area contributed by atoms with Crippen LogP contribution in [0.25, 0.3) is 10.9 Å². The highest BCUT2D eigenvalue weighted by atomic mass is 16.5. The third kappa shape index (κ3) is 1.80. The normalized spacial score (nSPS) is 10.5. The fourth-order valence-electron chi connectivity index (χ4n) is 1.84. The summed E-state index contributed by atoms with van der Waals surface area (Å²) in [6.45, 7) is 5.82. The van der Waals surface area contributed by atoms with Crippen molar-refractivity contribution < 1.29 is 9.30 Å². The molecule has 78 valence electrons. The maximum absolute atomic E-state index is 5.64. The molecule has 1 aromatic carbocycles. The van der Waals surface area contributed by atoms with Gasteiger partial charge in [-0.05, 0) is 32.0 Å². The van der Waals surface area contributed by atoms with Gasteiger partial charge < -0.3 is 4.74 Å². The molecule has 0 amide bonds. The van der Waals surface area contributed by atoms with Crippen LogP contribution in [-0.4, -0.2) is 6.61 Å². The van der Waals surface area contributed by atoms with Gasteiger partial charge in [0.2, 0.25) is 0 Å². The molecule has 1 heterocycles. The van der Waals surface area contributed by atoms with Crippen molar-refractivity contribution in [1.82, 2.24) is 0 Å². The molecular weight excluding hydrogens is 186 g/mol. The number of aryl methyl sites for hydroxylation is 1. The van der Waals surface area contributed by atoms with E-state index < -0.39 is 0 Å². The minimum Gasteiger partial charge on any atom is -0.487 e. The van der Waals surface area contributed by atoms with Gasteiger partial charge in [-0.1, -0.05) is 6.07 Å². The zero-order chi connectivity index (χ0) is 10.7. The van der Waals surface area contributed by atoms with Crippen molar-refractivity contribution >= 4 is 10.9 Å². The second kappa shape index (κ2) is 4.30. The first-order valence-corrected chi connectivity index (χ1v) is 5.40. The molecule has 2 nitrogen and oxygen atoms in total. The van der Waals surface area contributed by atoms with E-state index in [-0.39, 0.29) is 0 Å². The Hall–Kier alpha value is -1.57. The lowest BCUT2D eigenvalue weighted by atomic mass is 10.2. The molecule has 2 aromatic rings. The Labute approximate surface area is 90.1 Å². The second-order valence-corrected chi connectivity index (χ2v) is 3.42. The highest BCUT2D eigenvalue weighted by Crippen LogP contribution is 2.21. The summed E-state index contributed by atoms with van der Waals surface area (Å²) in [6, 6.07) is 10.4. The summed E-state index contributed by atoms with van der Waals surface area (Å²) in [6.07, 6.45) is 2.09. The van der Waals surface area contributed by atoms with E-state index in [9.17, 15) is 0 Å². The third-order valence-corrected chi connectivity index (χ3v) is 2.50. The Morgan fingerprint density at radius 1 is 1.13 bits per heavy atom. The van der Waals surface area contributed by atoms with E-state index in [0.717, 1.165) is 12.3 Å². The molecule has 15 heavy (non-hydrogen) atoms. The Balaban J connectivity index is 2.69. The summed E-state index contributed by atoms with van der Waals surface area (Å²) in [5.41, 5.74) is 1.18. The van der Waals surface area contributed by atoms with Crippen LogP contribution in [0.3, 0.4) is 0 Å². The monoisotopic (exact) mass is 202 g/mol. The maximum atomic E-state index is 5.64. The quantitative estimate of drug-likeness (QED) is 0.697. The van der Waals surface area contributed by atoms with E-state index in [2.05, 4.69) is 35.9 Å². The number of para-hydroxylation sites is 1. The van der Waals surface area contributed by atoms with Crippen LogP contribution in [0.15, 0.2) is 36.5 Å². The van der Waals surface area contributed by atoms with Gasteiger partial charge in [0, 0.05) is 6.07 Å². The molecule has 0 aliphatic heterocycles. The van der Waals surface area contributed by atoms with Crippen molar-refractivity contribution in [2.45, 2.75) is 20.4 Å². The number of pyridine rings is 1. The molecule has 0 unspecified atom stereocenters. The second-order valence-electron chi connectivity index (χ2n) is 3.42. The lowest BCUT2D eigenvalue weighted by Crippen LogP contribution is -2.32. The maximum Gasteiger partial charge on any atom is 0.254 e. The van der Waals surface area contributed by atoms with Crippen LogP contribution in [0.1, 0.15) is 13.8 Å². The number of nitrogens with zero attached hydrogens (tertiary/aromatic N) is 1. The lowest BCUT2D eigenvalue weighted by molar-refractivity contribution is -0.668. The summed E-state index contributed by atoms with van der Waals surface area (Å²) in [4.78, 5) is 0. The van der Waals surface area contributed by atoms with Gasteiger partial charge in [0.15, 0.2) is 11.9 Å². The Kier molecular flexibility index (Phi) is 2.86. The number of aromatic nitrogens is 1. The van der Waals surface area contributed by atoms with E-state index in [1.54, 1.807) is 0 Å². The first kappa shape index (κ1) is 9.97. The molecule has 2 heteroatoms. The standard InChI is InChI=1S/C13H16NO/c1-3-14-10-6-8-11-7-5-9-12(13(11)14)15-4-2/h5-10H,3-4H2,1-2H3/q+1. The third-order valence-electron chi connectivity index (χ3n) is 2.50. The minimum atomic E-state index is 0.706. The molecule has 0 radical (unpaired) electrons. The molecular formula is C13H16NO+. The van der Waals surface area contributed by atoms with E-state index in [4.69, 9.17) is 4.74 Å². The fraction of sp³-hybridized carbons (Fsp3) is 0.308. The zero-order valence-electron chi connectivity index (χ0n) is 9.23. The molecule has 0 saturated carbocycles. The molecule has 1 aromatic heterocycles. The predicted octanol–water partition coefficient (Wildman–Crippen LogP) is 2.55. The van der Waals surface area contributed by atoms with Crippen LogP contribution >= 0.6 is 0 Å². The van der Waals surface area contributed by atoms with Gasteiger partial charge in [-0.2, -0.15) is 4.57 Å². The molecule has 0 aliphatic carbocycles. The SMILES string of the molecule is CCOc1cccc2ccc[n+](CC)c12. The molecule has 2 rings (SSSR count). The van der Waals surface area contributed by atoms with Crippen LogP contribution in [0.5, 0.6) is 5.75 Å². The first-order chi connectivity index (χ1) is 7.36. The van der Waals surface area contributed by atoms with Crippen molar-refractivity contribution in [3.63, 3.8) is 0 Å². The number of hydrogen-bond acceptors (Lipinski definition) is 1. The Morgan fingerprint density at radius 3 is 2.67 bits per heavy atom. The predicted molar refractivity (Wildman–Crippen MR) is 61.0 cm³/mol. The molecule has 0 N–H and O–H groups in total. The molecule has 0 aliphatic rings. The number of hydrogen-bond donors (Lipinski definition) is 0. The van der Waals surface area contributed by atoms with Crippen LogP contribution in [0.4, 0.5) is 0 Å². The summed E-state index contributed by atoms with van der Waals surface area (Å²) in [5, 5.41) is 1.23. The topological polar surface area (TPSA) is 13.1 Å². The van der Waals surface area contributed by atoms with E-state index >= 15 is 0 Å². The average Bonchev–Trinajstić information content (AvgIpc) is 2.29. The largest absolute Gasteiger partial charge is 0.487 e. The van der Waals surface area contributed by atoms with E-state index in [1.165, 1.54) is 10.9 Å². The van der Waals surface area contributed by atoms with Gasteiger partial charge >= 0.3 is 0 Å². The van der Waals surface area contributed by atoms with Crippen LogP contribution < -0.4 is 9.30 Å². The van der Waals surface area contributed by atoms with Crippen molar-refractivity contribution in [1.29, 1.82) is 0 Å². The van der Waals surface area contributed by atoms with Crippen molar-refractivity contribution in [2.75, 3.05) is 6.61 Å². The van der Waals surface area contributed by atoms with Gasteiger partial charge in [0.1, 0.15) is 6.54 Å². The molecule has 0 atom stereocenters. The van der Waals surface area contributed by atoms with Crippen LogP contribution in [-0.2, 0) is 6.54 Å². The van der Waals surface area contributed by atoms with Gasteiger partial charge in [-0.3, -0.25) is 0 Å². The van der Waals surface area contributed by atoms with E-state index in [0.29, 0.717) is 6.61 Å². The first-order valence-electron chi connectivity index (χ1n) is 5.40. The summed E-state index contributed by atoms with van der Waals surface area (Å²) >= 11 is 0. The van der Waals surface area contributed by atoms with Gasteiger partial charge in [0.05, 0.1) is 12.0 Å². The molecule has 0 fully saturated rings. The number of benzene rings is 1. The smallest absolute Gasteiger partial charge is 0.254 e. The fourth-order valence-corrected chi connectivity index (χ4v) is 1.84. The summed E-state index contributed by atoms with van der Waals surface area (Å²) in [5.74, 6) is 0.970. The Bertz CT molecular complexity index is 460. The van der Waals surface area contributed by atoms with Gasteiger partial charge in [-0.15, -0.1) is 0 Å². The summed E-state index contributed by atoms with van der Waals surface area (Å²) in [7, 11) is 0. The highest BCUT2D eigenvalue weighted by molar-refractivity contribution is 5.81. The van der Waals surface area contributed by atoms with Crippen LogP contribution in [0.2, 0.25) is 0 Å². The molecule has 0 saturated heterocycles. The van der Waals surface area contributed by atoms with E-state index in [1.807, 2.05) is 19.1 Å². The zero-order valence-corrected chi connectivity index (χ0v) is 9.23. The minimum absolute atomic E-state index is 0.706. The molecule has 0 spiro atoms. The summed E-state index contributed by atoms with van der Waals surface area (Å²) < 4.78 is 7.85. The van der Waals surface area contributed by atoms with Crippen LogP contribution in [0, 0.1) is 0 Å². The van der Waals surface area contributed by atoms with Gasteiger partial charge in [0.25, 0.3) is 5.52 Å². The van der Waals surface area contributed by atoms with Crippen molar-refractivity contribution in [3.8, 4) is 5.75 Å². The Morgan fingerprint density at radius 2 is 1.93 bits per heavy atom. The number of fused-ring (bicyclic) bond motifs is 1. The number of rotatable bonds is 3. The van der Waals surface area contributed by atoms with Gasteiger partial charge in [-0.25, -0.2) is 0 Å². The van der Waals surface area contributed by atoms with Crippen molar-refractivity contribution in [3.05, 3.63) is 36.5 Å². The van der Waals surface area contributed by atoms with Crippen molar-refractivity contribution in [2.24, 2.45) is 0 Å². The molecule has 0 bridgehead atoms. The average molecular weight is 202 g/mol. The highest BCUT2D eigenvalue weighted by Gasteiger charge is 2.12.